The highest BCUT2D eigenvalue weighted by molar-refractivity contribution is 5.96. The molecular weight excluding hydrogens is 276 g/mol. The fraction of sp³-hybridized carbons (Fsp3) is 0.444. The van der Waals surface area contributed by atoms with Gasteiger partial charge in [-0.05, 0) is 30.4 Å². The molecule has 1 aliphatic carbocycles. The van der Waals surface area contributed by atoms with Crippen molar-refractivity contribution in [1.82, 2.24) is 10.3 Å². The van der Waals surface area contributed by atoms with Gasteiger partial charge in [0.05, 0.1) is 0 Å². The Morgan fingerprint density at radius 3 is 2.50 bits per heavy atom. The highest BCUT2D eigenvalue weighted by atomic mass is 16.2. The molecule has 0 aliphatic heterocycles. The summed E-state index contributed by atoms with van der Waals surface area (Å²) in [7, 11) is 0. The second-order valence-corrected chi connectivity index (χ2v) is 6.11. The number of benzene rings is 1. The topological polar surface area (TPSA) is 62.0 Å². The number of hydrogen-bond acceptors (Lipinski definition) is 2. The van der Waals surface area contributed by atoms with Crippen LogP contribution in [0.4, 0.5) is 0 Å². The Labute approximate surface area is 129 Å². The Balaban J connectivity index is 1.78. The maximum absolute atomic E-state index is 12.4. The molecule has 22 heavy (non-hydrogen) atoms. The first kappa shape index (κ1) is 14.8. The molecule has 0 atom stereocenters. The minimum absolute atomic E-state index is 0.173. The van der Waals surface area contributed by atoms with Crippen molar-refractivity contribution >= 4 is 16.7 Å². The standard InChI is InChI=1S/C18H22N2O2/c21-17-15-11-7-6-8-13(15)12-16(20-17)18(22)19-14-9-4-2-1-3-5-10-14/h6-8,11-12,14H,1-5,9-10H2,(H,19,22)(H,20,21). The summed E-state index contributed by atoms with van der Waals surface area (Å²) in [6.07, 6.45) is 8.20. The number of amides is 1. The van der Waals surface area contributed by atoms with Gasteiger partial charge in [-0.2, -0.15) is 0 Å². The van der Waals surface area contributed by atoms with Gasteiger partial charge >= 0.3 is 0 Å². The average molecular weight is 298 g/mol. The first-order chi connectivity index (χ1) is 10.7. The summed E-state index contributed by atoms with van der Waals surface area (Å²) in [6.45, 7) is 0. The van der Waals surface area contributed by atoms with Gasteiger partial charge in [0, 0.05) is 11.4 Å². The molecule has 0 bridgehead atoms. The molecule has 1 saturated carbocycles. The van der Waals surface area contributed by atoms with Crippen molar-refractivity contribution in [3.63, 3.8) is 0 Å². The number of aromatic amines is 1. The predicted molar refractivity (Wildman–Crippen MR) is 88.1 cm³/mol. The van der Waals surface area contributed by atoms with E-state index in [2.05, 4.69) is 10.3 Å². The zero-order chi connectivity index (χ0) is 15.4. The molecule has 1 aromatic carbocycles. The summed E-state index contributed by atoms with van der Waals surface area (Å²) < 4.78 is 0. The minimum atomic E-state index is -0.207. The van der Waals surface area contributed by atoms with Gasteiger partial charge in [-0.25, -0.2) is 0 Å². The van der Waals surface area contributed by atoms with Crippen molar-refractivity contribution in [3.05, 3.63) is 46.4 Å². The molecule has 2 aromatic rings. The fourth-order valence-corrected chi connectivity index (χ4v) is 3.20. The first-order valence-electron chi connectivity index (χ1n) is 8.17. The molecule has 0 saturated heterocycles. The van der Waals surface area contributed by atoms with Crippen molar-refractivity contribution in [2.45, 2.75) is 51.0 Å². The Hall–Kier alpha value is -2.10. The Bertz CT molecular complexity index is 712. The normalized spacial score (nSPS) is 16.9. The van der Waals surface area contributed by atoms with Crippen molar-refractivity contribution in [3.8, 4) is 0 Å². The number of carbonyl (C=O) groups is 1. The third-order valence-corrected chi connectivity index (χ3v) is 4.44. The van der Waals surface area contributed by atoms with Crippen molar-refractivity contribution in [2.24, 2.45) is 0 Å². The van der Waals surface area contributed by atoms with Crippen molar-refractivity contribution < 1.29 is 4.79 Å². The number of hydrogen-bond donors (Lipinski definition) is 2. The van der Waals surface area contributed by atoms with Gasteiger partial charge in [0.2, 0.25) is 0 Å². The van der Waals surface area contributed by atoms with E-state index < -0.39 is 0 Å². The molecule has 1 heterocycles. The van der Waals surface area contributed by atoms with Crippen LogP contribution >= 0.6 is 0 Å². The van der Waals surface area contributed by atoms with Crippen LogP contribution < -0.4 is 10.9 Å². The Morgan fingerprint density at radius 2 is 1.73 bits per heavy atom. The Kier molecular flexibility index (Phi) is 4.56. The number of aromatic nitrogens is 1. The third kappa shape index (κ3) is 3.38. The zero-order valence-electron chi connectivity index (χ0n) is 12.7. The van der Waals surface area contributed by atoms with E-state index in [-0.39, 0.29) is 17.5 Å². The molecule has 2 N–H and O–H groups in total. The SMILES string of the molecule is O=C(NC1CCCCCCC1)c1cc2ccccc2c(=O)[nH]1. The summed E-state index contributed by atoms with van der Waals surface area (Å²) >= 11 is 0. The highest BCUT2D eigenvalue weighted by Gasteiger charge is 2.16. The maximum Gasteiger partial charge on any atom is 0.268 e. The number of fused-ring (bicyclic) bond motifs is 1. The van der Waals surface area contributed by atoms with Gasteiger partial charge in [-0.1, -0.05) is 50.3 Å². The fourth-order valence-electron chi connectivity index (χ4n) is 3.20. The lowest BCUT2D eigenvalue weighted by Crippen LogP contribution is -2.36. The summed E-state index contributed by atoms with van der Waals surface area (Å²) in [5.74, 6) is -0.173. The van der Waals surface area contributed by atoms with Crippen molar-refractivity contribution in [2.75, 3.05) is 0 Å². The lowest BCUT2D eigenvalue weighted by atomic mass is 9.96. The van der Waals surface area contributed by atoms with Gasteiger partial charge < -0.3 is 10.3 Å². The van der Waals surface area contributed by atoms with Crippen LogP contribution in [0.1, 0.15) is 55.4 Å². The first-order valence-corrected chi connectivity index (χ1v) is 8.17. The van der Waals surface area contributed by atoms with E-state index in [0.717, 1.165) is 18.2 Å². The molecule has 1 amide bonds. The Morgan fingerprint density at radius 1 is 1.05 bits per heavy atom. The second kappa shape index (κ2) is 6.77. The maximum atomic E-state index is 12.4. The number of rotatable bonds is 2. The van der Waals surface area contributed by atoms with Crippen LogP contribution in [0.5, 0.6) is 0 Å². The van der Waals surface area contributed by atoms with Crippen LogP contribution in [0.3, 0.4) is 0 Å². The van der Waals surface area contributed by atoms with Gasteiger partial charge in [-0.3, -0.25) is 9.59 Å². The number of H-pyrrole nitrogens is 1. The smallest absolute Gasteiger partial charge is 0.268 e. The van der Waals surface area contributed by atoms with Crippen LogP contribution in [0.2, 0.25) is 0 Å². The highest BCUT2D eigenvalue weighted by Crippen LogP contribution is 2.17. The largest absolute Gasteiger partial charge is 0.348 e. The van der Waals surface area contributed by atoms with Gasteiger partial charge in [0.25, 0.3) is 11.5 Å². The summed E-state index contributed by atoms with van der Waals surface area (Å²) in [4.78, 5) is 27.2. The summed E-state index contributed by atoms with van der Waals surface area (Å²) in [5, 5.41) is 4.50. The molecule has 1 fully saturated rings. The van der Waals surface area contributed by atoms with Gasteiger partial charge in [-0.15, -0.1) is 0 Å². The number of carbonyl (C=O) groups excluding carboxylic acids is 1. The van der Waals surface area contributed by atoms with E-state index >= 15 is 0 Å². The summed E-state index contributed by atoms with van der Waals surface area (Å²) in [6, 6.07) is 9.31. The lowest BCUT2D eigenvalue weighted by Gasteiger charge is -2.21. The molecule has 116 valence electrons. The molecule has 0 unspecified atom stereocenters. The van der Waals surface area contributed by atoms with Crippen LogP contribution in [-0.4, -0.2) is 16.9 Å². The number of nitrogens with one attached hydrogen (secondary N) is 2. The van der Waals surface area contributed by atoms with Gasteiger partial charge in [0.15, 0.2) is 0 Å². The molecule has 0 radical (unpaired) electrons. The molecule has 0 spiro atoms. The zero-order valence-corrected chi connectivity index (χ0v) is 12.7. The van der Waals surface area contributed by atoms with Crippen LogP contribution in [0, 0.1) is 0 Å². The second-order valence-electron chi connectivity index (χ2n) is 6.11. The predicted octanol–water partition coefficient (Wildman–Crippen LogP) is 3.37. The van der Waals surface area contributed by atoms with E-state index in [0.29, 0.717) is 11.1 Å². The number of pyridine rings is 1. The minimum Gasteiger partial charge on any atom is -0.348 e. The average Bonchev–Trinajstić information content (AvgIpc) is 2.49. The monoisotopic (exact) mass is 298 g/mol. The van der Waals surface area contributed by atoms with Crippen LogP contribution in [-0.2, 0) is 0 Å². The van der Waals surface area contributed by atoms with Crippen LogP contribution in [0.25, 0.3) is 10.8 Å². The van der Waals surface area contributed by atoms with E-state index in [1.807, 2.05) is 18.2 Å². The van der Waals surface area contributed by atoms with E-state index in [9.17, 15) is 9.59 Å². The summed E-state index contributed by atoms with van der Waals surface area (Å²) in [5.41, 5.74) is 0.145. The molecule has 3 rings (SSSR count). The van der Waals surface area contributed by atoms with Crippen LogP contribution in [0.15, 0.2) is 35.1 Å². The molecule has 4 heteroatoms. The lowest BCUT2D eigenvalue weighted by molar-refractivity contribution is 0.0925. The molecule has 1 aromatic heterocycles. The molecular formula is C18H22N2O2. The van der Waals surface area contributed by atoms with E-state index in [4.69, 9.17) is 0 Å². The van der Waals surface area contributed by atoms with Crippen molar-refractivity contribution in [1.29, 1.82) is 0 Å². The third-order valence-electron chi connectivity index (χ3n) is 4.44. The van der Waals surface area contributed by atoms with Gasteiger partial charge in [0.1, 0.15) is 5.69 Å². The molecule has 1 aliphatic rings. The quantitative estimate of drug-likeness (QED) is 0.893. The van der Waals surface area contributed by atoms with E-state index in [1.54, 1.807) is 12.1 Å². The molecule has 4 nitrogen and oxygen atoms in total. The van der Waals surface area contributed by atoms with E-state index in [1.165, 1.54) is 32.1 Å².